The zero-order chi connectivity index (χ0) is 19.4. The summed E-state index contributed by atoms with van der Waals surface area (Å²) >= 11 is 5.53. The standard InChI is InChI=1S/C17H22ClNO5S2/c1-13-6-7-15(11-14(13)2)26(22,23)17(16-5-3-9-24-16)12-19-25(20,21)10-4-8-18/h3,5-7,9,11,17,19H,4,8,10,12H2,1-2H3/t17-/m0/s1. The molecule has 0 spiro atoms. The maximum atomic E-state index is 13.1. The second-order valence-corrected chi connectivity index (χ2v) is 10.4. The quantitative estimate of drug-likeness (QED) is 0.630. The van der Waals surface area contributed by atoms with Crippen LogP contribution in [0.5, 0.6) is 0 Å². The van der Waals surface area contributed by atoms with Gasteiger partial charge in [-0.25, -0.2) is 21.6 Å². The predicted octanol–water partition coefficient (Wildman–Crippen LogP) is 2.96. The van der Waals surface area contributed by atoms with Gasteiger partial charge in [-0.1, -0.05) is 6.07 Å². The second kappa shape index (κ2) is 8.56. The molecule has 2 rings (SSSR count). The Balaban J connectivity index is 2.34. The molecule has 0 amide bonds. The Hall–Kier alpha value is -1.35. The van der Waals surface area contributed by atoms with E-state index < -0.39 is 25.1 Å². The van der Waals surface area contributed by atoms with Crippen molar-refractivity contribution in [2.45, 2.75) is 30.4 Å². The molecule has 26 heavy (non-hydrogen) atoms. The lowest BCUT2D eigenvalue weighted by molar-refractivity contribution is 0.486. The first-order chi connectivity index (χ1) is 12.2. The van der Waals surface area contributed by atoms with E-state index in [0.717, 1.165) is 11.1 Å². The van der Waals surface area contributed by atoms with Crippen LogP contribution in [0.2, 0.25) is 0 Å². The zero-order valence-electron chi connectivity index (χ0n) is 14.6. The number of hydrogen-bond donors (Lipinski definition) is 1. The lowest BCUT2D eigenvalue weighted by Gasteiger charge is -2.17. The van der Waals surface area contributed by atoms with Gasteiger partial charge in [-0.15, -0.1) is 11.6 Å². The Labute approximate surface area is 159 Å². The summed E-state index contributed by atoms with van der Waals surface area (Å²) in [6, 6.07) is 7.93. The van der Waals surface area contributed by atoms with Crippen molar-refractivity contribution in [3.05, 3.63) is 53.5 Å². The Bertz CT molecular complexity index is 938. The summed E-state index contributed by atoms with van der Waals surface area (Å²) in [5.41, 5.74) is 1.81. The van der Waals surface area contributed by atoms with E-state index in [1.807, 2.05) is 13.8 Å². The number of aryl methyl sites for hydroxylation is 2. The molecule has 1 aromatic heterocycles. The van der Waals surface area contributed by atoms with E-state index in [1.54, 1.807) is 18.2 Å². The molecule has 2 aromatic rings. The highest BCUT2D eigenvalue weighted by Crippen LogP contribution is 2.30. The normalized spacial score (nSPS) is 13.7. The highest BCUT2D eigenvalue weighted by Gasteiger charge is 2.32. The fourth-order valence-electron chi connectivity index (χ4n) is 2.41. The van der Waals surface area contributed by atoms with Crippen LogP contribution in [0.4, 0.5) is 0 Å². The smallest absolute Gasteiger partial charge is 0.211 e. The third-order valence-electron chi connectivity index (χ3n) is 4.08. The number of nitrogens with one attached hydrogen (secondary N) is 1. The van der Waals surface area contributed by atoms with Crippen molar-refractivity contribution in [1.29, 1.82) is 0 Å². The molecule has 0 fully saturated rings. The maximum absolute atomic E-state index is 13.1. The van der Waals surface area contributed by atoms with Crippen molar-refractivity contribution in [2.75, 3.05) is 18.2 Å². The van der Waals surface area contributed by atoms with E-state index in [-0.39, 0.29) is 35.3 Å². The number of alkyl halides is 1. The summed E-state index contributed by atoms with van der Waals surface area (Å²) in [5, 5.41) is -1.16. The number of halogens is 1. The van der Waals surface area contributed by atoms with E-state index in [9.17, 15) is 16.8 Å². The van der Waals surface area contributed by atoms with E-state index >= 15 is 0 Å². The Morgan fingerprint density at radius 1 is 1.12 bits per heavy atom. The van der Waals surface area contributed by atoms with Gasteiger partial charge in [0.2, 0.25) is 10.0 Å². The molecule has 1 heterocycles. The van der Waals surface area contributed by atoms with Gasteiger partial charge in [0.15, 0.2) is 9.84 Å². The average molecular weight is 420 g/mol. The second-order valence-electron chi connectivity index (χ2n) is 6.01. The zero-order valence-corrected chi connectivity index (χ0v) is 17.0. The van der Waals surface area contributed by atoms with Crippen LogP contribution in [0, 0.1) is 13.8 Å². The minimum atomic E-state index is -3.85. The topological polar surface area (TPSA) is 93.5 Å². The molecule has 0 saturated carbocycles. The number of rotatable bonds is 9. The molecule has 1 N–H and O–H groups in total. The first-order valence-corrected chi connectivity index (χ1v) is 11.8. The number of sulfonamides is 1. The molecule has 1 aromatic carbocycles. The van der Waals surface area contributed by atoms with Crippen LogP contribution >= 0.6 is 11.6 Å². The molecular weight excluding hydrogens is 398 g/mol. The van der Waals surface area contributed by atoms with Gasteiger partial charge in [0.1, 0.15) is 11.0 Å². The molecule has 0 aliphatic heterocycles. The number of hydrogen-bond acceptors (Lipinski definition) is 5. The highest BCUT2D eigenvalue weighted by molar-refractivity contribution is 7.92. The molecule has 0 aliphatic carbocycles. The van der Waals surface area contributed by atoms with Gasteiger partial charge in [-0.3, -0.25) is 0 Å². The molecule has 6 nitrogen and oxygen atoms in total. The Kier molecular flexibility index (Phi) is 6.90. The minimum absolute atomic E-state index is 0.127. The SMILES string of the molecule is Cc1ccc(S(=O)(=O)[C@@H](CNS(=O)(=O)CCCCl)c2ccco2)cc1C. The van der Waals surface area contributed by atoms with Crippen LogP contribution in [-0.4, -0.2) is 35.0 Å². The summed E-state index contributed by atoms with van der Waals surface area (Å²) in [4.78, 5) is 0.127. The predicted molar refractivity (Wildman–Crippen MR) is 102 cm³/mol. The van der Waals surface area contributed by atoms with E-state index in [2.05, 4.69) is 4.72 Å². The number of furan rings is 1. The molecule has 1 atom stereocenters. The lowest BCUT2D eigenvalue weighted by atomic mass is 10.1. The van der Waals surface area contributed by atoms with E-state index in [1.165, 1.54) is 18.4 Å². The summed E-state index contributed by atoms with van der Waals surface area (Å²) in [5.74, 6) is 0.234. The Morgan fingerprint density at radius 3 is 2.42 bits per heavy atom. The van der Waals surface area contributed by atoms with Crippen molar-refractivity contribution in [3.63, 3.8) is 0 Å². The molecule has 9 heteroatoms. The Morgan fingerprint density at radius 2 is 1.85 bits per heavy atom. The molecule has 0 bridgehead atoms. The van der Waals surface area contributed by atoms with Crippen molar-refractivity contribution in [1.82, 2.24) is 4.72 Å². The third-order valence-corrected chi connectivity index (χ3v) is 7.84. The van der Waals surface area contributed by atoms with Gasteiger partial charge in [0, 0.05) is 12.4 Å². The highest BCUT2D eigenvalue weighted by atomic mass is 35.5. The van der Waals surface area contributed by atoms with E-state index in [0.29, 0.717) is 0 Å². The number of benzene rings is 1. The van der Waals surface area contributed by atoms with Crippen molar-refractivity contribution < 1.29 is 21.3 Å². The molecule has 0 aliphatic rings. The fraction of sp³-hybridized carbons (Fsp3) is 0.412. The van der Waals surface area contributed by atoms with Gasteiger partial charge in [0.25, 0.3) is 0 Å². The van der Waals surface area contributed by atoms with Gasteiger partial charge < -0.3 is 4.42 Å². The van der Waals surface area contributed by atoms with Gasteiger partial charge in [0.05, 0.1) is 16.9 Å². The van der Waals surface area contributed by atoms with Crippen LogP contribution in [0.1, 0.15) is 28.6 Å². The number of sulfone groups is 1. The van der Waals surface area contributed by atoms with Crippen LogP contribution in [0.25, 0.3) is 0 Å². The molecular formula is C17H22ClNO5S2. The summed E-state index contributed by atoms with van der Waals surface area (Å²) < 4.78 is 57.9. The first-order valence-electron chi connectivity index (χ1n) is 8.05. The van der Waals surface area contributed by atoms with Gasteiger partial charge in [-0.05, 0) is 55.7 Å². The third kappa shape index (κ3) is 5.09. The van der Waals surface area contributed by atoms with Crippen molar-refractivity contribution in [2.24, 2.45) is 0 Å². The molecule has 0 saturated heterocycles. The minimum Gasteiger partial charge on any atom is -0.468 e. The van der Waals surface area contributed by atoms with Gasteiger partial charge >= 0.3 is 0 Å². The van der Waals surface area contributed by atoms with Crippen LogP contribution in [-0.2, 0) is 19.9 Å². The van der Waals surface area contributed by atoms with Crippen LogP contribution in [0.3, 0.4) is 0 Å². The van der Waals surface area contributed by atoms with Crippen molar-refractivity contribution in [3.8, 4) is 0 Å². The first kappa shape index (κ1) is 21.0. The summed E-state index contributed by atoms with van der Waals surface area (Å²) in [6.07, 6.45) is 1.65. The van der Waals surface area contributed by atoms with E-state index in [4.69, 9.17) is 16.0 Å². The average Bonchev–Trinajstić information content (AvgIpc) is 3.09. The van der Waals surface area contributed by atoms with Crippen LogP contribution in [0.15, 0.2) is 45.9 Å². The molecule has 0 unspecified atom stereocenters. The lowest BCUT2D eigenvalue weighted by Crippen LogP contribution is -2.33. The van der Waals surface area contributed by atoms with Gasteiger partial charge in [-0.2, -0.15) is 0 Å². The fourth-order valence-corrected chi connectivity index (χ4v) is 5.57. The van der Waals surface area contributed by atoms with Crippen LogP contribution < -0.4 is 4.72 Å². The van der Waals surface area contributed by atoms with Crippen molar-refractivity contribution >= 4 is 31.5 Å². The monoisotopic (exact) mass is 419 g/mol. The summed E-state index contributed by atoms with van der Waals surface area (Å²) in [7, 11) is -7.48. The molecule has 144 valence electrons. The largest absolute Gasteiger partial charge is 0.468 e. The molecule has 0 radical (unpaired) electrons. The maximum Gasteiger partial charge on any atom is 0.211 e. The summed E-state index contributed by atoms with van der Waals surface area (Å²) in [6.45, 7) is 3.40.